The van der Waals surface area contributed by atoms with E-state index < -0.39 is 36.4 Å². The van der Waals surface area contributed by atoms with Crippen molar-refractivity contribution in [2.45, 2.75) is 31.0 Å². The lowest BCUT2D eigenvalue weighted by atomic mass is 9.99. The second kappa shape index (κ2) is 4.26. The van der Waals surface area contributed by atoms with Gasteiger partial charge in [0.25, 0.3) is 0 Å². The lowest BCUT2D eigenvalue weighted by Crippen LogP contribution is -2.42. The Labute approximate surface area is 101 Å². The van der Waals surface area contributed by atoms with Gasteiger partial charge in [-0.25, -0.2) is 9.18 Å². The quantitative estimate of drug-likeness (QED) is 0.573. The van der Waals surface area contributed by atoms with Crippen molar-refractivity contribution < 1.29 is 19.3 Å². The van der Waals surface area contributed by atoms with E-state index in [9.17, 15) is 14.3 Å². The third-order valence-corrected chi connectivity index (χ3v) is 2.88. The van der Waals surface area contributed by atoms with Gasteiger partial charge in [-0.05, 0) is 6.92 Å². The molecule has 1 saturated heterocycles. The summed E-state index contributed by atoms with van der Waals surface area (Å²) in [7, 11) is 0. The Morgan fingerprint density at radius 1 is 1.72 bits per heavy atom. The maximum absolute atomic E-state index is 13.9. The largest absolute Gasteiger partial charge is 0.393 e. The van der Waals surface area contributed by atoms with Crippen LogP contribution in [0.1, 0.15) is 13.2 Å². The van der Waals surface area contributed by atoms with E-state index in [1.165, 1.54) is 6.92 Å². The summed E-state index contributed by atoms with van der Waals surface area (Å²) in [6.07, 6.45) is -3.85. The minimum atomic E-state index is -1.90. The van der Waals surface area contributed by atoms with Gasteiger partial charge < -0.3 is 20.7 Å². The van der Waals surface area contributed by atoms with E-state index in [-0.39, 0.29) is 5.82 Å². The minimum Gasteiger partial charge on any atom is -0.393 e. The molecule has 0 unspecified atom stereocenters. The predicted molar refractivity (Wildman–Crippen MR) is 57.2 cm³/mol. The van der Waals surface area contributed by atoms with Crippen LogP contribution in [0.25, 0.3) is 0 Å². The zero-order valence-corrected chi connectivity index (χ0v) is 9.52. The molecule has 0 radical (unpaired) electrons. The van der Waals surface area contributed by atoms with Crippen molar-refractivity contribution in [2.75, 3.05) is 12.3 Å². The summed E-state index contributed by atoms with van der Waals surface area (Å²) in [5.74, 6) is -0.102. The number of nitrogen functional groups attached to an aromatic ring is 1. The van der Waals surface area contributed by atoms with Crippen LogP contribution >= 0.6 is 0 Å². The first-order chi connectivity index (χ1) is 8.39. The highest BCUT2D eigenvalue weighted by Crippen LogP contribution is 2.37. The summed E-state index contributed by atoms with van der Waals surface area (Å²) < 4.78 is 19.7. The summed E-state index contributed by atoms with van der Waals surface area (Å²) in [6, 6.07) is 0. The molecule has 0 aliphatic carbocycles. The summed E-state index contributed by atoms with van der Waals surface area (Å²) in [5, 5.41) is 22.3. The normalized spacial score (nSPS) is 35.9. The van der Waals surface area contributed by atoms with Crippen molar-refractivity contribution >= 4 is 5.82 Å². The number of nitrogens with zero attached hydrogens (tertiary/aromatic N) is 3. The number of ether oxygens (including phenoxy) is 1. The van der Waals surface area contributed by atoms with Gasteiger partial charge in [0, 0.05) is 0 Å². The van der Waals surface area contributed by atoms with Crippen LogP contribution < -0.4 is 11.4 Å². The fraction of sp³-hybridized carbons (Fsp3) is 0.667. The van der Waals surface area contributed by atoms with Crippen LogP contribution in [0.4, 0.5) is 10.2 Å². The molecule has 8 nitrogen and oxygen atoms in total. The van der Waals surface area contributed by atoms with Crippen molar-refractivity contribution in [3.8, 4) is 0 Å². The van der Waals surface area contributed by atoms with Gasteiger partial charge in [-0.2, -0.15) is 14.8 Å². The summed E-state index contributed by atoms with van der Waals surface area (Å²) in [6.45, 7) is 0.738. The second-order valence-corrected chi connectivity index (χ2v) is 4.28. The van der Waals surface area contributed by atoms with Gasteiger partial charge in [-0.1, -0.05) is 0 Å². The molecule has 4 N–H and O–H groups in total. The zero-order valence-electron chi connectivity index (χ0n) is 9.52. The predicted octanol–water partition coefficient (Wildman–Crippen LogP) is -1.80. The third-order valence-electron chi connectivity index (χ3n) is 2.88. The van der Waals surface area contributed by atoms with Crippen molar-refractivity contribution in [1.29, 1.82) is 0 Å². The number of hydrogen-bond acceptors (Lipinski definition) is 7. The molecular formula is C9H13FN4O4. The Bertz CT molecular complexity index is 510. The van der Waals surface area contributed by atoms with E-state index in [1.54, 1.807) is 0 Å². The summed E-state index contributed by atoms with van der Waals surface area (Å²) >= 11 is 0. The first-order valence-electron chi connectivity index (χ1n) is 5.21. The molecule has 4 atom stereocenters. The molecule has 0 saturated carbocycles. The first kappa shape index (κ1) is 12.9. The molecule has 0 bridgehead atoms. The Balaban J connectivity index is 2.38. The van der Waals surface area contributed by atoms with Crippen LogP contribution in [0.5, 0.6) is 0 Å². The Kier molecular flexibility index (Phi) is 3.05. The molecule has 1 fully saturated rings. The molecule has 1 aliphatic heterocycles. The van der Waals surface area contributed by atoms with Crippen molar-refractivity contribution in [3.05, 3.63) is 16.7 Å². The van der Waals surface area contributed by atoms with E-state index in [2.05, 4.69) is 10.1 Å². The van der Waals surface area contributed by atoms with Gasteiger partial charge in [-0.3, -0.25) is 0 Å². The Hall–Kier alpha value is -1.58. The lowest BCUT2D eigenvalue weighted by Gasteiger charge is -2.24. The SMILES string of the molecule is C[C@]1(CO)O[C@@H](n2ncc(N)nc2=O)[C@H](F)[C@@H]1O. The number of alkyl halides is 1. The molecule has 1 aromatic heterocycles. The van der Waals surface area contributed by atoms with Crippen LogP contribution in [-0.4, -0.2) is 49.5 Å². The molecule has 0 aromatic carbocycles. The standard InChI is InChI=1S/C9H13FN4O4/c1-9(3-15)6(16)5(10)7(18-9)14-8(17)13-4(11)2-12-14/h2,5-7,15-16H,3H2,1H3,(H2,11,13,17)/t5-,6+,7-,9-/m1/s1. The maximum atomic E-state index is 13.9. The van der Waals surface area contributed by atoms with Gasteiger partial charge in [0.15, 0.2) is 12.4 Å². The van der Waals surface area contributed by atoms with Crippen LogP contribution in [0, 0.1) is 0 Å². The smallest absolute Gasteiger partial charge is 0.368 e. The number of halogens is 1. The van der Waals surface area contributed by atoms with E-state index in [0.29, 0.717) is 4.68 Å². The summed E-state index contributed by atoms with van der Waals surface area (Å²) in [4.78, 5) is 14.9. The average molecular weight is 260 g/mol. The highest BCUT2D eigenvalue weighted by atomic mass is 19.1. The van der Waals surface area contributed by atoms with Gasteiger partial charge in [0.2, 0.25) is 0 Å². The zero-order chi connectivity index (χ0) is 13.5. The molecule has 1 aromatic rings. The lowest BCUT2D eigenvalue weighted by molar-refractivity contribution is -0.120. The van der Waals surface area contributed by atoms with Crippen molar-refractivity contribution in [3.63, 3.8) is 0 Å². The number of rotatable bonds is 2. The van der Waals surface area contributed by atoms with Crippen molar-refractivity contribution in [1.82, 2.24) is 14.8 Å². The number of aromatic nitrogens is 3. The highest BCUT2D eigenvalue weighted by molar-refractivity contribution is 5.19. The fourth-order valence-electron chi connectivity index (χ4n) is 1.75. The molecular weight excluding hydrogens is 247 g/mol. The number of aliphatic hydroxyl groups is 2. The number of nitrogens with two attached hydrogens (primary N) is 1. The topological polar surface area (TPSA) is 123 Å². The molecule has 2 heterocycles. The van der Waals surface area contributed by atoms with Gasteiger partial charge in [0.05, 0.1) is 12.8 Å². The Morgan fingerprint density at radius 3 is 2.89 bits per heavy atom. The number of hydrogen-bond donors (Lipinski definition) is 3. The van der Waals surface area contributed by atoms with Crippen LogP contribution in [0.2, 0.25) is 0 Å². The molecule has 1 aliphatic rings. The van der Waals surface area contributed by atoms with E-state index in [4.69, 9.17) is 15.6 Å². The maximum Gasteiger partial charge on any atom is 0.368 e. The molecule has 2 rings (SSSR count). The van der Waals surface area contributed by atoms with Crippen LogP contribution in [0.3, 0.4) is 0 Å². The van der Waals surface area contributed by atoms with Crippen LogP contribution in [0.15, 0.2) is 11.0 Å². The highest BCUT2D eigenvalue weighted by Gasteiger charge is 2.53. The minimum absolute atomic E-state index is 0.102. The van der Waals surface area contributed by atoms with Gasteiger partial charge >= 0.3 is 5.69 Å². The van der Waals surface area contributed by atoms with Crippen LogP contribution in [-0.2, 0) is 4.74 Å². The Morgan fingerprint density at radius 2 is 2.39 bits per heavy atom. The molecule has 0 amide bonds. The first-order valence-corrected chi connectivity index (χ1v) is 5.21. The third kappa shape index (κ3) is 1.85. The van der Waals surface area contributed by atoms with E-state index >= 15 is 0 Å². The second-order valence-electron chi connectivity index (χ2n) is 4.28. The van der Waals surface area contributed by atoms with Crippen molar-refractivity contribution in [2.24, 2.45) is 0 Å². The average Bonchev–Trinajstić information content (AvgIpc) is 2.55. The molecule has 9 heteroatoms. The molecule has 18 heavy (non-hydrogen) atoms. The fourth-order valence-corrected chi connectivity index (χ4v) is 1.75. The summed E-state index contributed by atoms with van der Waals surface area (Å²) in [5.41, 5.74) is 2.87. The van der Waals surface area contributed by atoms with Gasteiger partial charge in [-0.15, -0.1) is 0 Å². The number of anilines is 1. The van der Waals surface area contributed by atoms with E-state index in [1.807, 2.05) is 0 Å². The van der Waals surface area contributed by atoms with Gasteiger partial charge in [0.1, 0.15) is 17.5 Å². The number of aliphatic hydroxyl groups excluding tert-OH is 2. The molecule has 0 spiro atoms. The monoisotopic (exact) mass is 260 g/mol. The van der Waals surface area contributed by atoms with E-state index in [0.717, 1.165) is 6.20 Å². The molecule has 100 valence electrons.